The third kappa shape index (κ3) is 2.40. The van der Waals surface area contributed by atoms with Crippen LogP contribution in [-0.2, 0) is 4.74 Å². The standard InChI is InChI=1S/C14H14BrF2NO2/c15-9-3-4-10(16)12(13(9)17)14(19)11-6-18-5-1-2-8(18)7-20-11/h3-4,8,11H,1-2,5-7H2. The third-order valence-corrected chi connectivity index (χ3v) is 4.58. The molecule has 0 radical (unpaired) electrons. The van der Waals surface area contributed by atoms with Crippen molar-refractivity contribution in [3.05, 3.63) is 33.8 Å². The van der Waals surface area contributed by atoms with E-state index in [0.29, 0.717) is 19.2 Å². The molecule has 0 aliphatic carbocycles. The van der Waals surface area contributed by atoms with Gasteiger partial charge in [-0.15, -0.1) is 0 Å². The van der Waals surface area contributed by atoms with Crippen LogP contribution in [0.15, 0.2) is 16.6 Å². The third-order valence-electron chi connectivity index (χ3n) is 3.97. The van der Waals surface area contributed by atoms with Crippen LogP contribution in [0.5, 0.6) is 0 Å². The number of hydrogen-bond donors (Lipinski definition) is 0. The summed E-state index contributed by atoms with van der Waals surface area (Å²) in [5.41, 5.74) is -0.512. The minimum Gasteiger partial charge on any atom is -0.367 e. The topological polar surface area (TPSA) is 29.5 Å². The summed E-state index contributed by atoms with van der Waals surface area (Å²) >= 11 is 2.97. The van der Waals surface area contributed by atoms with Gasteiger partial charge in [-0.2, -0.15) is 0 Å². The number of rotatable bonds is 2. The first-order chi connectivity index (χ1) is 9.58. The number of ketones is 1. The number of Topliss-reactive ketones (excluding diaryl/α,β-unsaturated/α-hetero) is 1. The van der Waals surface area contributed by atoms with Crippen molar-refractivity contribution < 1.29 is 18.3 Å². The molecular weight excluding hydrogens is 332 g/mol. The van der Waals surface area contributed by atoms with Gasteiger partial charge >= 0.3 is 0 Å². The Labute approximate surface area is 124 Å². The Morgan fingerprint density at radius 1 is 1.40 bits per heavy atom. The number of nitrogens with zero attached hydrogens (tertiary/aromatic N) is 1. The van der Waals surface area contributed by atoms with Gasteiger partial charge in [0.1, 0.15) is 11.9 Å². The molecule has 6 heteroatoms. The van der Waals surface area contributed by atoms with E-state index >= 15 is 0 Å². The Hall–Kier alpha value is -0.850. The van der Waals surface area contributed by atoms with E-state index in [4.69, 9.17) is 4.74 Å². The molecule has 2 aliphatic heterocycles. The van der Waals surface area contributed by atoms with E-state index in [1.807, 2.05) is 0 Å². The zero-order valence-corrected chi connectivity index (χ0v) is 12.3. The van der Waals surface area contributed by atoms with E-state index in [2.05, 4.69) is 20.8 Å². The Balaban J connectivity index is 1.84. The van der Waals surface area contributed by atoms with Gasteiger partial charge in [0.15, 0.2) is 11.6 Å². The van der Waals surface area contributed by atoms with Gasteiger partial charge < -0.3 is 4.74 Å². The van der Waals surface area contributed by atoms with Crippen molar-refractivity contribution in [1.82, 2.24) is 4.90 Å². The first kappa shape index (κ1) is 14.1. The highest BCUT2D eigenvalue weighted by molar-refractivity contribution is 9.10. The zero-order valence-electron chi connectivity index (χ0n) is 10.7. The number of carbonyl (C=O) groups excluding carboxylic acids is 1. The van der Waals surface area contributed by atoms with Crippen LogP contribution in [0, 0.1) is 11.6 Å². The normalized spacial score (nSPS) is 26.6. The lowest BCUT2D eigenvalue weighted by Gasteiger charge is -2.34. The first-order valence-corrected chi connectivity index (χ1v) is 7.40. The van der Waals surface area contributed by atoms with Gasteiger partial charge in [0.25, 0.3) is 0 Å². The molecule has 0 bridgehead atoms. The Kier molecular flexibility index (Phi) is 3.88. The molecule has 2 unspecified atom stereocenters. The summed E-state index contributed by atoms with van der Waals surface area (Å²) in [6, 6.07) is 2.68. The van der Waals surface area contributed by atoms with Crippen LogP contribution >= 0.6 is 15.9 Å². The van der Waals surface area contributed by atoms with Crippen molar-refractivity contribution >= 4 is 21.7 Å². The average Bonchev–Trinajstić information content (AvgIpc) is 2.90. The number of carbonyl (C=O) groups is 1. The molecule has 0 spiro atoms. The summed E-state index contributed by atoms with van der Waals surface area (Å²) in [5.74, 6) is -2.32. The quantitative estimate of drug-likeness (QED) is 0.609. The molecule has 3 nitrogen and oxygen atoms in total. The molecule has 1 aromatic rings. The second kappa shape index (κ2) is 5.50. The van der Waals surface area contributed by atoms with Crippen LogP contribution in [0.2, 0.25) is 0 Å². The van der Waals surface area contributed by atoms with Crippen molar-refractivity contribution in [1.29, 1.82) is 0 Å². The maximum Gasteiger partial charge on any atom is 0.198 e. The lowest BCUT2D eigenvalue weighted by atomic mass is 10.0. The summed E-state index contributed by atoms with van der Waals surface area (Å²) in [7, 11) is 0. The molecule has 1 aromatic carbocycles. The lowest BCUT2D eigenvalue weighted by Crippen LogP contribution is -2.49. The molecule has 2 aliphatic rings. The average molecular weight is 346 g/mol. The van der Waals surface area contributed by atoms with Crippen LogP contribution in [0.25, 0.3) is 0 Å². The fourth-order valence-corrected chi connectivity index (χ4v) is 3.22. The maximum absolute atomic E-state index is 14.0. The number of morpholine rings is 1. The van der Waals surface area contributed by atoms with Crippen LogP contribution in [0.1, 0.15) is 23.2 Å². The van der Waals surface area contributed by atoms with E-state index in [1.54, 1.807) is 0 Å². The Bertz CT molecular complexity index is 552. The highest BCUT2D eigenvalue weighted by Gasteiger charge is 2.37. The molecule has 20 heavy (non-hydrogen) atoms. The second-order valence-corrected chi connectivity index (χ2v) is 6.05. The van der Waals surface area contributed by atoms with Gasteiger partial charge in [0, 0.05) is 12.6 Å². The smallest absolute Gasteiger partial charge is 0.198 e. The van der Waals surface area contributed by atoms with Gasteiger partial charge in [-0.05, 0) is 47.4 Å². The number of ether oxygens (including phenoxy) is 1. The minimum absolute atomic E-state index is 0.0807. The Morgan fingerprint density at radius 2 is 2.20 bits per heavy atom. The monoisotopic (exact) mass is 345 g/mol. The number of halogens is 3. The summed E-state index contributed by atoms with van der Waals surface area (Å²) < 4.78 is 33.3. The van der Waals surface area contributed by atoms with Crippen LogP contribution in [0.4, 0.5) is 8.78 Å². The minimum atomic E-state index is -0.859. The molecule has 0 saturated carbocycles. The van der Waals surface area contributed by atoms with Crippen molar-refractivity contribution in [2.75, 3.05) is 19.7 Å². The zero-order chi connectivity index (χ0) is 14.3. The van der Waals surface area contributed by atoms with Crippen molar-refractivity contribution in [3.63, 3.8) is 0 Å². The maximum atomic E-state index is 14.0. The fraction of sp³-hybridized carbons (Fsp3) is 0.500. The molecule has 0 aromatic heterocycles. The van der Waals surface area contributed by atoms with Gasteiger partial charge in [0.05, 0.1) is 16.6 Å². The van der Waals surface area contributed by atoms with Crippen LogP contribution < -0.4 is 0 Å². The summed E-state index contributed by atoms with van der Waals surface area (Å²) in [6.07, 6.45) is 1.34. The van der Waals surface area contributed by atoms with E-state index < -0.39 is 29.1 Å². The molecule has 2 fully saturated rings. The summed E-state index contributed by atoms with van der Waals surface area (Å²) in [6.45, 7) is 1.78. The molecular formula is C14H14BrF2NO2. The molecule has 2 saturated heterocycles. The molecule has 2 heterocycles. The number of fused-ring (bicyclic) bond motifs is 1. The molecule has 2 atom stereocenters. The predicted molar refractivity (Wildman–Crippen MR) is 72.7 cm³/mol. The largest absolute Gasteiger partial charge is 0.367 e. The SMILES string of the molecule is O=C(c1c(F)ccc(Br)c1F)C1CN2CCCC2CO1. The fourth-order valence-electron chi connectivity index (χ4n) is 2.89. The van der Waals surface area contributed by atoms with Gasteiger partial charge in [-0.3, -0.25) is 9.69 Å². The Morgan fingerprint density at radius 3 is 3.00 bits per heavy atom. The lowest BCUT2D eigenvalue weighted by molar-refractivity contribution is -0.0347. The van der Waals surface area contributed by atoms with Crippen molar-refractivity contribution in [2.45, 2.75) is 25.0 Å². The van der Waals surface area contributed by atoms with Gasteiger partial charge in [0.2, 0.25) is 0 Å². The van der Waals surface area contributed by atoms with Gasteiger partial charge in [-0.1, -0.05) is 0 Å². The van der Waals surface area contributed by atoms with Crippen LogP contribution in [-0.4, -0.2) is 42.5 Å². The first-order valence-electron chi connectivity index (χ1n) is 6.61. The number of benzene rings is 1. The molecule has 0 amide bonds. The summed E-state index contributed by atoms with van der Waals surface area (Å²) in [5, 5.41) is 0. The molecule has 3 rings (SSSR count). The summed E-state index contributed by atoms with van der Waals surface area (Å²) in [4.78, 5) is 14.5. The van der Waals surface area contributed by atoms with E-state index in [0.717, 1.165) is 25.5 Å². The molecule has 108 valence electrons. The van der Waals surface area contributed by atoms with E-state index in [-0.39, 0.29) is 4.47 Å². The van der Waals surface area contributed by atoms with Crippen molar-refractivity contribution in [3.8, 4) is 0 Å². The molecule has 0 N–H and O–H groups in total. The van der Waals surface area contributed by atoms with E-state index in [9.17, 15) is 13.6 Å². The van der Waals surface area contributed by atoms with Crippen molar-refractivity contribution in [2.24, 2.45) is 0 Å². The van der Waals surface area contributed by atoms with E-state index in [1.165, 1.54) is 6.07 Å². The highest BCUT2D eigenvalue weighted by Crippen LogP contribution is 2.27. The van der Waals surface area contributed by atoms with Crippen LogP contribution in [0.3, 0.4) is 0 Å². The predicted octanol–water partition coefficient (Wildman–Crippen LogP) is 2.77. The highest BCUT2D eigenvalue weighted by atomic mass is 79.9. The van der Waals surface area contributed by atoms with Gasteiger partial charge in [-0.25, -0.2) is 8.78 Å². The number of hydrogen-bond acceptors (Lipinski definition) is 3. The second-order valence-electron chi connectivity index (χ2n) is 5.20.